The number of ketones is 1. The molecule has 17 heavy (non-hydrogen) atoms. The van der Waals surface area contributed by atoms with Crippen LogP contribution in [0.4, 0.5) is 0 Å². The van der Waals surface area contributed by atoms with Gasteiger partial charge in [0.05, 0.1) is 0 Å². The van der Waals surface area contributed by atoms with Crippen molar-refractivity contribution in [3.63, 3.8) is 0 Å². The highest BCUT2D eigenvalue weighted by atomic mass is 16.3. The third-order valence-corrected chi connectivity index (χ3v) is 2.87. The highest BCUT2D eigenvalue weighted by molar-refractivity contribution is 6.07. The molecule has 0 amide bonds. The largest absolute Gasteiger partial charge is 0.396 e. The van der Waals surface area contributed by atoms with E-state index in [-0.39, 0.29) is 12.4 Å². The molecule has 0 aromatic carbocycles. The molecule has 0 aromatic rings. The van der Waals surface area contributed by atoms with Gasteiger partial charge in [0.15, 0.2) is 5.78 Å². The van der Waals surface area contributed by atoms with Crippen LogP contribution in [-0.2, 0) is 4.79 Å². The first-order valence-corrected chi connectivity index (χ1v) is 6.46. The number of carbonyl (C=O) groups excluding carboxylic acids is 1. The molecule has 0 spiro atoms. The maximum Gasteiger partial charge on any atom is 0.181 e. The molecule has 0 atom stereocenters. The second kappa shape index (κ2) is 8.02. The lowest BCUT2D eigenvalue weighted by Crippen LogP contribution is -1.91. The van der Waals surface area contributed by atoms with Gasteiger partial charge in [-0.2, -0.15) is 0 Å². The molecule has 1 N–H and O–H groups in total. The molecule has 0 heterocycles. The van der Waals surface area contributed by atoms with Gasteiger partial charge >= 0.3 is 0 Å². The van der Waals surface area contributed by atoms with Gasteiger partial charge in [0, 0.05) is 6.61 Å². The fourth-order valence-corrected chi connectivity index (χ4v) is 1.93. The number of unbranched alkanes of at least 4 members (excludes halogenated alkanes) is 2. The normalized spacial score (nSPS) is 18.4. The van der Waals surface area contributed by atoms with Gasteiger partial charge in [-0.1, -0.05) is 30.7 Å². The lowest BCUT2D eigenvalue weighted by Gasteiger charge is -1.98. The minimum Gasteiger partial charge on any atom is -0.396 e. The Kier molecular flexibility index (Phi) is 6.56. The highest BCUT2D eigenvalue weighted by Gasteiger charge is 2.16. The smallest absolute Gasteiger partial charge is 0.181 e. The Morgan fingerprint density at radius 2 is 2.18 bits per heavy atom. The summed E-state index contributed by atoms with van der Waals surface area (Å²) in [6.07, 6.45) is 13.7. The summed E-state index contributed by atoms with van der Waals surface area (Å²) in [5.74, 6) is 0.137. The van der Waals surface area contributed by atoms with Crippen LogP contribution in [0.2, 0.25) is 0 Å². The van der Waals surface area contributed by atoms with Gasteiger partial charge in [-0.15, -0.1) is 0 Å². The Morgan fingerprint density at radius 1 is 1.35 bits per heavy atom. The molecule has 1 rings (SSSR count). The van der Waals surface area contributed by atoms with Crippen molar-refractivity contribution in [3.05, 3.63) is 35.5 Å². The molecule has 0 bridgehead atoms. The Labute approximate surface area is 104 Å². The Bertz CT molecular complexity index is 335. The quantitative estimate of drug-likeness (QED) is 0.417. The molecule has 0 fully saturated rings. The lowest BCUT2D eigenvalue weighted by atomic mass is 10.1. The number of aliphatic hydroxyl groups is 1. The topological polar surface area (TPSA) is 37.3 Å². The molecule has 2 nitrogen and oxygen atoms in total. The summed E-state index contributed by atoms with van der Waals surface area (Å²) in [6, 6.07) is 0. The molecule has 0 saturated heterocycles. The molecule has 94 valence electrons. The first kappa shape index (κ1) is 13.9. The highest BCUT2D eigenvalue weighted by Crippen LogP contribution is 2.24. The molecule has 2 heteroatoms. The Morgan fingerprint density at radius 3 is 2.88 bits per heavy atom. The fourth-order valence-electron chi connectivity index (χ4n) is 1.93. The summed E-state index contributed by atoms with van der Waals surface area (Å²) in [5.41, 5.74) is 1.97. The van der Waals surface area contributed by atoms with Gasteiger partial charge in [0.1, 0.15) is 0 Å². The molecule has 1 aliphatic rings. The van der Waals surface area contributed by atoms with Crippen LogP contribution in [0.15, 0.2) is 35.5 Å². The summed E-state index contributed by atoms with van der Waals surface area (Å²) >= 11 is 0. The van der Waals surface area contributed by atoms with E-state index in [1.165, 1.54) is 0 Å². The number of hydrogen-bond donors (Lipinski definition) is 1. The number of hydrogen-bond acceptors (Lipinski definition) is 2. The third kappa shape index (κ3) is 5.14. The average Bonchev–Trinajstić information content (AvgIpc) is 2.65. The van der Waals surface area contributed by atoms with Gasteiger partial charge < -0.3 is 5.11 Å². The predicted molar refractivity (Wildman–Crippen MR) is 70.8 cm³/mol. The third-order valence-electron chi connectivity index (χ3n) is 2.87. The standard InChI is InChI=1S/C15H22O2/c1-2-3-4-5-6-7-8-14-11-13(9-10-16)12-15(14)17/h3-4,8,12,16H,2,5-7,9-11H2,1H3/b4-3-,14-8+. The van der Waals surface area contributed by atoms with E-state index < -0.39 is 0 Å². The van der Waals surface area contributed by atoms with Crippen LogP contribution < -0.4 is 0 Å². The van der Waals surface area contributed by atoms with Crippen molar-refractivity contribution in [3.8, 4) is 0 Å². The zero-order chi connectivity index (χ0) is 12.5. The summed E-state index contributed by atoms with van der Waals surface area (Å²) in [4.78, 5) is 11.6. The van der Waals surface area contributed by atoms with Crippen molar-refractivity contribution >= 4 is 5.78 Å². The van der Waals surface area contributed by atoms with Crippen molar-refractivity contribution < 1.29 is 9.90 Å². The maximum absolute atomic E-state index is 11.6. The van der Waals surface area contributed by atoms with Crippen molar-refractivity contribution in [2.75, 3.05) is 6.61 Å². The van der Waals surface area contributed by atoms with Crippen LogP contribution in [0.5, 0.6) is 0 Å². The van der Waals surface area contributed by atoms with Crippen LogP contribution in [0.25, 0.3) is 0 Å². The molecule has 0 aliphatic heterocycles. The fraction of sp³-hybridized carbons (Fsp3) is 0.533. The van der Waals surface area contributed by atoms with E-state index in [9.17, 15) is 4.79 Å². The minimum absolute atomic E-state index is 0.133. The van der Waals surface area contributed by atoms with Gasteiger partial charge in [0.25, 0.3) is 0 Å². The van der Waals surface area contributed by atoms with Crippen LogP contribution in [0.3, 0.4) is 0 Å². The maximum atomic E-state index is 11.6. The van der Waals surface area contributed by atoms with E-state index in [0.717, 1.165) is 43.3 Å². The zero-order valence-electron chi connectivity index (χ0n) is 10.6. The van der Waals surface area contributed by atoms with Gasteiger partial charge in [-0.25, -0.2) is 0 Å². The summed E-state index contributed by atoms with van der Waals surface area (Å²) in [7, 11) is 0. The number of aliphatic hydroxyl groups excluding tert-OH is 1. The van der Waals surface area contributed by atoms with Crippen molar-refractivity contribution in [2.24, 2.45) is 0 Å². The second-order valence-electron chi connectivity index (χ2n) is 4.36. The van der Waals surface area contributed by atoms with E-state index in [2.05, 4.69) is 25.2 Å². The lowest BCUT2D eigenvalue weighted by molar-refractivity contribution is -0.111. The molecule has 0 saturated carbocycles. The van der Waals surface area contributed by atoms with Crippen LogP contribution in [0, 0.1) is 0 Å². The van der Waals surface area contributed by atoms with Crippen LogP contribution >= 0.6 is 0 Å². The van der Waals surface area contributed by atoms with E-state index in [1.807, 2.05) is 0 Å². The van der Waals surface area contributed by atoms with Crippen LogP contribution in [-0.4, -0.2) is 17.5 Å². The molecule has 0 aromatic heterocycles. The number of carbonyl (C=O) groups is 1. The number of allylic oxidation sites excluding steroid dienone is 5. The monoisotopic (exact) mass is 234 g/mol. The zero-order valence-corrected chi connectivity index (χ0v) is 10.6. The molecular formula is C15H22O2. The van der Waals surface area contributed by atoms with Crippen LogP contribution in [0.1, 0.15) is 45.4 Å². The second-order valence-corrected chi connectivity index (χ2v) is 4.36. The molecule has 0 radical (unpaired) electrons. The Balaban J connectivity index is 2.28. The Hall–Kier alpha value is -1.15. The van der Waals surface area contributed by atoms with Gasteiger partial charge in [0.2, 0.25) is 0 Å². The molecule has 1 aliphatic carbocycles. The van der Waals surface area contributed by atoms with Gasteiger partial charge in [-0.05, 0) is 50.2 Å². The first-order chi connectivity index (χ1) is 8.27. The minimum atomic E-state index is 0.133. The van der Waals surface area contributed by atoms with E-state index in [4.69, 9.17) is 5.11 Å². The summed E-state index contributed by atoms with van der Waals surface area (Å²) in [5, 5.41) is 8.82. The van der Waals surface area contributed by atoms with Gasteiger partial charge in [-0.3, -0.25) is 4.79 Å². The average molecular weight is 234 g/mol. The van der Waals surface area contributed by atoms with E-state index in [1.54, 1.807) is 6.08 Å². The SMILES string of the molecule is CC/C=C\CCC/C=C1\CC(CCO)=CC1=O. The van der Waals surface area contributed by atoms with Crippen molar-refractivity contribution in [1.29, 1.82) is 0 Å². The summed E-state index contributed by atoms with van der Waals surface area (Å²) in [6.45, 7) is 2.26. The molecular weight excluding hydrogens is 212 g/mol. The number of rotatable bonds is 7. The first-order valence-electron chi connectivity index (χ1n) is 6.46. The summed E-state index contributed by atoms with van der Waals surface area (Å²) < 4.78 is 0. The molecule has 0 unspecified atom stereocenters. The van der Waals surface area contributed by atoms with E-state index >= 15 is 0 Å². The van der Waals surface area contributed by atoms with E-state index in [0.29, 0.717) is 6.42 Å². The predicted octanol–water partition coefficient (Wildman–Crippen LogP) is 3.33. The van der Waals surface area contributed by atoms with Crippen molar-refractivity contribution in [2.45, 2.75) is 45.4 Å². The van der Waals surface area contributed by atoms with Crippen molar-refractivity contribution in [1.82, 2.24) is 0 Å².